The first-order valence-corrected chi connectivity index (χ1v) is 9.91. The number of nitrogens with one attached hydrogen (secondary N) is 1. The third-order valence-corrected chi connectivity index (χ3v) is 5.61. The van der Waals surface area contributed by atoms with Crippen molar-refractivity contribution in [2.24, 2.45) is 0 Å². The van der Waals surface area contributed by atoms with Gasteiger partial charge in [0, 0.05) is 30.9 Å². The van der Waals surface area contributed by atoms with Gasteiger partial charge in [-0.25, -0.2) is 9.67 Å². The summed E-state index contributed by atoms with van der Waals surface area (Å²) >= 11 is 0. The van der Waals surface area contributed by atoms with Gasteiger partial charge in [-0.05, 0) is 50.5 Å². The monoisotopic (exact) mass is 393 g/mol. The van der Waals surface area contributed by atoms with Gasteiger partial charge in [0.2, 0.25) is 0 Å². The second-order valence-electron chi connectivity index (χ2n) is 7.58. The zero-order chi connectivity index (χ0) is 20.3. The highest BCUT2D eigenvalue weighted by Gasteiger charge is 2.34. The topological polar surface area (TPSA) is 74.1 Å². The fourth-order valence-corrected chi connectivity index (χ4v) is 3.94. The minimum absolute atomic E-state index is 0.0135. The number of methoxy groups -OCH3 is 1. The van der Waals surface area contributed by atoms with Gasteiger partial charge in [-0.1, -0.05) is 12.1 Å². The highest BCUT2D eigenvalue weighted by molar-refractivity contribution is 5.40. The molecule has 29 heavy (non-hydrogen) atoms. The second-order valence-corrected chi connectivity index (χ2v) is 7.58. The standard InChI is InChI=1S/C22H27N5O2/c1-16-12-17(2)27(26-16)21-14-23-13-20(25-21)24-15-22(8-10-29-11-9-22)18-4-6-19(28-3)7-5-18/h4-7,12-14H,8-11,15H2,1-3H3,(H,24,25). The number of aryl methyl sites for hydroxylation is 2. The summed E-state index contributed by atoms with van der Waals surface area (Å²) in [5.74, 6) is 2.33. The van der Waals surface area contributed by atoms with Crippen LogP contribution in [0.15, 0.2) is 42.7 Å². The van der Waals surface area contributed by atoms with Gasteiger partial charge >= 0.3 is 0 Å². The molecule has 1 fully saturated rings. The minimum Gasteiger partial charge on any atom is -0.497 e. The summed E-state index contributed by atoms with van der Waals surface area (Å²) in [6.45, 7) is 6.26. The predicted octanol–water partition coefficient (Wildman–Crippen LogP) is 3.45. The van der Waals surface area contributed by atoms with Crippen LogP contribution in [0.2, 0.25) is 0 Å². The first kappa shape index (κ1) is 19.4. The van der Waals surface area contributed by atoms with Gasteiger partial charge in [-0.2, -0.15) is 5.10 Å². The third-order valence-electron chi connectivity index (χ3n) is 5.61. The summed E-state index contributed by atoms with van der Waals surface area (Å²) < 4.78 is 12.8. The van der Waals surface area contributed by atoms with Gasteiger partial charge < -0.3 is 14.8 Å². The Morgan fingerprint density at radius 2 is 1.90 bits per heavy atom. The molecule has 1 N–H and O–H groups in total. The van der Waals surface area contributed by atoms with Gasteiger partial charge in [0.15, 0.2) is 5.82 Å². The Kier molecular flexibility index (Phi) is 5.49. The Labute approximate surface area is 171 Å². The molecule has 7 heteroatoms. The molecule has 0 unspecified atom stereocenters. The Morgan fingerprint density at radius 3 is 2.55 bits per heavy atom. The summed E-state index contributed by atoms with van der Waals surface area (Å²) in [4.78, 5) is 9.10. The predicted molar refractivity (Wildman–Crippen MR) is 112 cm³/mol. The number of hydrogen-bond donors (Lipinski definition) is 1. The molecule has 0 aliphatic carbocycles. The quantitative estimate of drug-likeness (QED) is 0.691. The SMILES string of the molecule is COc1ccc(C2(CNc3cncc(-n4nc(C)cc4C)n3)CCOCC2)cc1. The van der Waals surface area contributed by atoms with Gasteiger partial charge in [0.05, 0.1) is 25.2 Å². The van der Waals surface area contributed by atoms with Crippen molar-refractivity contribution in [2.75, 3.05) is 32.2 Å². The van der Waals surface area contributed by atoms with Crippen LogP contribution in [0.1, 0.15) is 29.8 Å². The lowest BCUT2D eigenvalue weighted by Gasteiger charge is -2.38. The Morgan fingerprint density at radius 1 is 1.14 bits per heavy atom. The van der Waals surface area contributed by atoms with Crippen LogP contribution in [0.5, 0.6) is 5.75 Å². The van der Waals surface area contributed by atoms with E-state index < -0.39 is 0 Å². The van der Waals surface area contributed by atoms with E-state index in [-0.39, 0.29) is 5.41 Å². The van der Waals surface area contributed by atoms with Crippen LogP contribution in [0.25, 0.3) is 5.82 Å². The molecule has 1 aromatic carbocycles. The van der Waals surface area contributed by atoms with E-state index in [0.29, 0.717) is 5.82 Å². The van der Waals surface area contributed by atoms with Crippen molar-refractivity contribution >= 4 is 5.82 Å². The summed E-state index contributed by atoms with van der Waals surface area (Å²) in [6.07, 6.45) is 5.41. The summed E-state index contributed by atoms with van der Waals surface area (Å²) in [6, 6.07) is 10.4. The summed E-state index contributed by atoms with van der Waals surface area (Å²) in [5.41, 5.74) is 3.27. The van der Waals surface area contributed by atoms with Crippen LogP contribution in [-0.4, -0.2) is 46.6 Å². The Hall–Kier alpha value is -2.93. The molecule has 0 bridgehead atoms. The van der Waals surface area contributed by atoms with Crippen molar-refractivity contribution in [3.63, 3.8) is 0 Å². The molecule has 152 valence electrons. The van der Waals surface area contributed by atoms with Gasteiger partial charge in [-0.3, -0.25) is 4.98 Å². The first-order chi connectivity index (χ1) is 14.1. The maximum Gasteiger partial charge on any atom is 0.174 e. The van der Waals surface area contributed by atoms with Crippen molar-refractivity contribution in [1.29, 1.82) is 0 Å². The molecule has 3 heterocycles. The fraction of sp³-hybridized carbons (Fsp3) is 0.409. The molecule has 2 aromatic heterocycles. The van der Waals surface area contributed by atoms with Crippen LogP contribution in [0, 0.1) is 13.8 Å². The zero-order valence-electron chi connectivity index (χ0n) is 17.2. The van der Waals surface area contributed by atoms with E-state index >= 15 is 0 Å². The van der Waals surface area contributed by atoms with Crippen LogP contribution < -0.4 is 10.1 Å². The van der Waals surface area contributed by atoms with E-state index in [4.69, 9.17) is 14.5 Å². The van der Waals surface area contributed by atoms with E-state index in [0.717, 1.165) is 55.6 Å². The second kappa shape index (κ2) is 8.21. The molecule has 0 amide bonds. The lowest BCUT2D eigenvalue weighted by Crippen LogP contribution is -2.40. The fourth-order valence-electron chi connectivity index (χ4n) is 3.94. The van der Waals surface area contributed by atoms with Crippen molar-refractivity contribution in [3.05, 3.63) is 59.7 Å². The van der Waals surface area contributed by atoms with Crippen molar-refractivity contribution in [3.8, 4) is 11.6 Å². The molecule has 0 spiro atoms. The maximum absolute atomic E-state index is 5.64. The summed E-state index contributed by atoms with van der Waals surface area (Å²) in [5, 5.41) is 8.02. The van der Waals surface area contributed by atoms with E-state index in [2.05, 4.69) is 27.5 Å². The minimum atomic E-state index is -0.0135. The highest BCUT2D eigenvalue weighted by Crippen LogP contribution is 2.36. The number of benzene rings is 1. The average Bonchev–Trinajstić information content (AvgIpc) is 3.11. The third kappa shape index (κ3) is 4.10. The number of anilines is 1. The van der Waals surface area contributed by atoms with Gasteiger partial charge in [0.25, 0.3) is 0 Å². The molecule has 4 rings (SSSR count). The lowest BCUT2D eigenvalue weighted by molar-refractivity contribution is 0.0543. The molecule has 1 aliphatic rings. The Balaban J connectivity index is 1.56. The van der Waals surface area contributed by atoms with Crippen LogP contribution >= 0.6 is 0 Å². The number of ether oxygens (including phenoxy) is 2. The molecule has 1 saturated heterocycles. The normalized spacial score (nSPS) is 15.8. The van der Waals surface area contributed by atoms with E-state index in [1.807, 2.05) is 36.7 Å². The molecule has 0 atom stereocenters. The van der Waals surface area contributed by atoms with E-state index in [9.17, 15) is 0 Å². The molecule has 0 radical (unpaired) electrons. The van der Waals surface area contributed by atoms with Gasteiger partial charge in [-0.15, -0.1) is 0 Å². The smallest absolute Gasteiger partial charge is 0.174 e. The summed E-state index contributed by atoms with van der Waals surface area (Å²) in [7, 11) is 1.69. The molecule has 0 saturated carbocycles. The molecule has 7 nitrogen and oxygen atoms in total. The van der Waals surface area contributed by atoms with Crippen molar-refractivity contribution < 1.29 is 9.47 Å². The number of nitrogens with zero attached hydrogens (tertiary/aromatic N) is 4. The van der Waals surface area contributed by atoms with Gasteiger partial charge in [0.1, 0.15) is 11.6 Å². The Bertz CT molecular complexity index is 962. The van der Waals surface area contributed by atoms with Crippen LogP contribution in [-0.2, 0) is 10.2 Å². The lowest BCUT2D eigenvalue weighted by atomic mass is 9.74. The highest BCUT2D eigenvalue weighted by atomic mass is 16.5. The van der Waals surface area contributed by atoms with Crippen molar-refractivity contribution in [1.82, 2.24) is 19.7 Å². The number of aromatic nitrogens is 4. The molecule has 3 aromatic rings. The van der Waals surface area contributed by atoms with E-state index in [1.165, 1.54) is 5.56 Å². The molecular weight excluding hydrogens is 366 g/mol. The largest absolute Gasteiger partial charge is 0.497 e. The number of rotatable bonds is 6. The van der Waals surface area contributed by atoms with Crippen molar-refractivity contribution in [2.45, 2.75) is 32.1 Å². The average molecular weight is 393 g/mol. The maximum atomic E-state index is 5.64. The molecule has 1 aliphatic heterocycles. The van der Waals surface area contributed by atoms with Crippen LogP contribution in [0.3, 0.4) is 0 Å². The molecular formula is C22H27N5O2. The van der Waals surface area contributed by atoms with Crippen LogP contribution in [0.4, 0.5) is 5.82 Å². The first-order valence-electron chi connectivity index (χ1n) is 9.91. The zero-order valence-corrected chi connectivity index (χ0v) is 17.2. The van der Waals surface area contributed by atoms with E-state index in [1.54, 1.807) is 19.5 Å². The number of hydrogen-bond acceptors (Lipinski definition) is 6.